The van der Waals surface area contributed by atoms with E-state index in [4.69, 9.17) is 0 Å². The summed E-state index contributed by atoms with van der Waals surface area (Å²) < 4.78 is 4.62. The second-order valence-corrected chi connectivity index (χ2v) is 5.57. The molecule has 1 aliphatic carbocycles. The third kappa shape index (κ3) is 4.20. The molecule has 3 nitrogen and oxygen atoms in total. The van der Waals surface area contributed by atoms with Crippen molar-refractivity contribution < 1.29 is 9.53 Å². The van der Waals surface area contributed by atoms with E-state index in [0.29, 0.717) is 18.0 Å². The van der Waals surface area contributed by atoms with Crippen molar-refractivity contribution in [2.45, 2.75) is 46.1 Å². The van der Waals surface area contributed by atoms with E-state index in [-0.39, 0.29) is 5.97 Å². The molecule has 0 amide bonds. The Kier molecular flexibility index (Phi) is 4.14. The van der Waals surface area contributed by atoms with Crippen molar-refractivity contribution in [2.75, 3.05) is 13.7 Å². The van der Waals surface area contributed by atoms with Crippen LogP contribution in [0.2, 0.25) is 0 Å². The molecule has 15 heavy (non-hydrogen) atoms. The molecule has 2 atom stereocenters. The van der Waals surface area contributed by atoms with Gasteiger partial charge in [0, 0.05) is 6.04 Å². The largest absolute Gasteiger partial charge is 0.468 e. The summed E-state index contributed by atoms with van der Waals surface area (Å²) in [5, 5.41) is 3.28. The Morgan fingerprint density at radius 1 is 1.47 bits per heavy atom. The summed E-state index contributed by atoms with van der Waals surface area (Å²) in [5.74, 6) is 0.565. The Hall–Kier alpha value is -0.570. The number of hydrogen-bond acceptors (Lipinski definition) is 3. The van der Waals surface area contributed by atoms with Crippen molar-refractivity contribution in [1.29, 1.82) is 0 Å². The number of nitrogens with one attached hydrogen (secondary N) is 1. The fraction of sp³-hybridized carbons (Fsp3) is 0.917. The predicted octanol–water partition coefficient (Wildman–Crippen LogP) is 1.96. The van der Waals surface area contributed by atoms with Crippen molar-refractivity contribution in [3.63, 3.8) is 0 Å². The quantitative estimate of drug-likeness (QED) is 0.728. The van der Waals surface area contributed by atoms with E-state index in [2.05, 4.69) is 30.8 Å². The maximum absolute atomic E-state index is 11.0. The zero-order valence-corrected chi connectivity index (χ0v) is 10.3. The van der Waals surface area contributed by atoms with Gasteiger partial charge in [-0.05, 0) is 30.6 Å². The van der Waals surface area contributed by atoms with Gasteiger partial charge in [0.2, 0.25) is 0 Å². The lowest BCUT2D eigenvalue weighted by Crippen LogP contribution is -2.42. The predicted molar refractivity (Wildman–Crippen MR) is 60.6 cm³/mol. The van der Waals surface area contributed by atoms with E-state index in [1.165, 1.54) is 20.0 Å². The van der Waals surface area contributed by atoms with Crippen LogP contribution >= 0.6 is 0 Å². The molecule has 0 radical (unpaired) electrons. The van der Waals surface area contributed by atoms with Gasteiger partial charge in [-0.3, -0.25) is 4.79 Å². The number of methoxy groups -OCH3 is 1. The summed E-state index contributed by atoms with van der Waals surface area (Å²) in [6.45, 7) is 7.22. The lowest BCUT2D eigenvalue weighted by molar-refractivity contribution is -0.139. The first-order valence-corrected chi connectivity index (χ1v) is 5.73. The number of ether oxygens (including phenoxy) is 1. The van der Waals surface area contributed by atoms with Gasteiger partial charge in [-0.1, -0.05) is 20.8 Å². The number of carbonyl (C=O) groups excluding carboxylic acids is 1. The first-order chi connectivity index (χ1) is 6.93. The summed E-state index contributed by atoms with van der Waals surface area (Å²) >= 11 is 0. The van der Waals surface area contributed by atoms with Gasteiger partial charge < -0.3 is 10.1 Å². The average molecular weight is 213 g/mol. The van der Waals surface area contributed by atoms with Crippen LogP contribution in [0, 0.1) is 11.3 Å². The molecule has 88 valence electrons. The van der Waals surface area contributed by atoms with Crippen LogP contribution in [-0.4, -0.2) is 25.7 Å². The summed E-state index contributed by atoms with van der Waals surface area (Å²) in [7, 11) is 1.43. The highest BCUT2D eigenvalue weighted by molar-refractivity contribution is 5.71. The van der Waals surface area contributed by atoms with Crippen molar-refractivity contribution in [1.82, 2.24) is 5.32 Å². The second kappa shape index (κ2) is 4.97. The van der Waals surface area contributed by atoms with Crippen LogP contribution in [0.4, 0.5) is 0 Å². The van der Waals surface area contributed by atoms with E-state index in [0.717, 1.165) is 12.3 Å². The molecule has 0 bridgehead atoms. The molecule has 1 fully saturated rings. The number of rotatable bonds is 3. The SMILES string of the molecule is COC(=O)CNC1C[C@H](C)CC(C)(C)C1. The third-order valence-electron chi connectivity index (χ3n) is 3.15. The van der Waals surface area contributed by atoms with Crippen molar-refractivity contribution in [3.8, 4) is 0 Å². The standard InChI is InChI=1S/C12H23NO2/c1-9-5-10(7-12(2,3)6-9)13-8-11(14)15-4/h9-10,13H,5-8H2,1-4H3/t9-,10?/m0/s1. The molecule has 1 unspecified atom stereocenters. The van der Waals surface area contributed by atoms with Gasteiger partial charge in [-0.2, -0.15) is 0 Å². The first-order valence-electron chi connectivity index (χ1n) is 5.73. The number of esters is 1. The van der Waals surface area contributed by atoms with Gasteiger partial charge in [0.15, 0.2) is 0 Å². The molecule has 0 aromatic rings. The van der Waals surface area contributed by atoms with E-state index in [1.807, 2.05) is 0 Å². The Balaban J connectivity index is 2.38. The number of hydrogen-bond donors (Lipinski definition) is 1. The smallest absolute Gasteiger partial charge is 0.319 e. The van der Waals surface area contributed by atoms with Crippen LogP contribution in [0.15, 0.2) is 0 Å². The lowest BCUT2D eigenvalue weighted by atomic mass is 9.70. The molecule has 0 heterocycles. The first kappa shape index (κ1) is 12.5. The normalized spacial score (nSPS) is 29.9. The monoisotopic (exact) mass is 213 g/mol. The average Bonchev–Trinajstić information content (AvgIpc) is 2.11. The number of carbonyl (C=O) groups is 1. The maximum atomic E-state index is 11.0. The van der Waals surface area contributed by atoms with Crippen molar-refractivity contribution >= 4 is 5.97 Å². The second-order valence-electron chi connectivity index (χ2n) is 5.57. The molecule has 0 spiro atoms. The van der Waals surface area contributed by atoms with Crippen LogP contribution in [-0.2, 0) is 9.53 Å². The molecule has 0 aromatic heterocycles. The van der Waals surface area contributed by atoms with E-state index < -0.39 is 0 Å². The molecule has 1 rings (SSSR count). The highest BCUT2D eigenvalue weighted by Gasteiger charge is 2.31. The summed E-state index contributed by atoms with van der Waals surface area (Å²) in [5.41, 5.74) is 0.394. The molecular formula is C12H23NO2. The van der Waals surface area contributed by atoms with Crippen LogP contribution in [0.25, 0.3) is 0 Å². The lowest BCUT2D eigenvalue weighted by Gasteiger charge is -2.39. The van der Waals surface area contributed by atoms with Crippen molar-refractivity contribution in [3.05, 3.63) is 0 Å². The molecule has 0 aromatic carbocycles. The Bertz CT molecular complexity index is 226. The van der Waals surface area contributed by atoms with E-state index in [9.17, 15) is 4.79 Å². The molecule has 0 aliphatic heterocycles. The van der Waals surface area contributed by atoms with Crippen LogP contribution in [0.1, 0.15) is 40.0 Å². The van der Waals surface area contributed by atoms with Crippen LogP contribution in [0.5, 0.6) is 0 Å². The minimum Gasteiger partial charge on any atom is -0.468 e. The minimum absolute atomic E-state index is 0.175. The summed E-state index contributed by atoms with van der Waals surface area (Å²) in [6.07, 6.45) is 3.60. The molecule has 1 aliphatic rings. The molecule has 1 saturated carbocycles. The zero-order valence-electron chi connectivity index (χ0n) is 10.3. The third-order valence-corrected chi connectivity index (χ3v) is 3.15. The highest BCUT2D eigenvalue weighted by Crippen LogP contribution is 2.38. The molecule has 3 heteroatoms. The Labute approximate surface area is 92.6 Å². The molecule has 0 saturated heterocycles. The fourth-order valence-corrected chi connectivity index (χ4v) is 2.80. The Morgan fingerprint density at radius 2 is 2.13 bits per heavy atom. The van der Waals surface area contributed by atoms with Gasteiger partial charge in [0.25, 0.3) is 0 Å². The van der Waals surface area contributed by atoms with Crippen LogP contribution < -0.4 is 5.32 Å². The summed E-state index contributed by atoms with van der Waals surface area (Å²) in [4.78, 5) is 11.0. The highest BCUT2D eigenvalue weighted by atomic mass is 16.5. The van der Waals surface area contributed by atoms with E-state index >= 15 is 0 Å². The van der Waals surface area contributed by atoms with Crippen molar-refractivity contribution in [2.24, 2.45) is 11.3 Å². The van der Waals surface area contributed by atoms with Gasteiger partial charge in [-0.25, -0.2) is 0 Å². The van der Waals surface area contributed by atoms with Crippen LogP contribution in [0.3, 0.4) is 0 Å². The van der Waals surface area contributed by atoms with Gasteiger partial charge >= 0.3 is 5.97 Å². The minimum atomic E-state index is -0.175. The topological polar surface area (TPSA) is 38.3 Å². The summed E-state index contributed by atoms with van der Waals surface area (Å²) in [6, 6.07) is 0.461. The van der Waals surface area contributed by atoms with Gasteiger partial charge in [0.05, 0.1) is 13.7 Å². The molecule has 1 N–H and O–H groups in total. The van der Waals surface area contributed by atoms with Gasteiger partial charge in [0.1, 0.15) is 0 Å². The molecular weight excluding hydrogens is 190 g/mol. The van der Waals surface area contributed by atoms with E-state index in [1.54, 1.807) is 0 Å². The zero-order chi connectivity index (χ0) is 11.5. The Morgan fingerprint density at radius 3 is 2.67 bits per heavy atom. The van der Waals surface area contributed by atoms with Gasteiger partial charge in [-0.15, -0.1) is 0 Å². The fourth-order valence-electron chi connectivity index (χ4n) is 2.80. The maximum Gasteiger partial charge on any atom is 0.319 e.